The summed E-state index contributed by atoms with van der Waals surface area (Å²) in [6.07, 6.45) is 64.3. The second-order valence-electron chi connectivity index (χ2n) is 13.7. The van der Waals surface area contributed by atoms with Gasteiger partial charge in [0.25, 0.3) is 0 Å². The molecule has 1 atom stereocenters. The molecule has 0 aromatic rings. The van der Waals surface area contributed by atoms with E-state index in [1.807, 2.05) is 79.0 Å². The van der Waals surface area contributed by atoms with Gasteiger partial charge in [-0.25, -0.2) is 0 Å². The van der Waals surface area contributed by atoms with Crippen LogP contribution >= 0.6 is 0 Å². The molecule has 0 saturated carbocycles. The van der Waals surface area contributed by atoms with Crippen LogP contribution in [-0.2, 0) is 28.6 Å². The van der Waals surface area contributed by atoms with Crippen LogP contribution in [0.15, 0.2) is 146 Å². The van der Waals surface area contributed by atoms with Crippen LogP contribution in [0.3, 0.4) is 0 Å². The van der Waals surface area contributed by atoms with Crippen molar-refractivity contribution in [2.24, 2.45) is 0 Å². The molecule has 0 aliphatic heterocycles. The first-order valence-corrected chi connectivity index (χ1v) is 21.9. The van der Waals surface area contributed by atoms with E-state index in [-0.39, 0.29) is 44.4 Å². The molecule has 0 saturated heterocycles. The summed E-state index contributed by atoms with van der Waals surface area (Å²) in [5.41, 5.74) is 0. The number of carbonyl (C=O) groups excluding carboxylic acids is 3. The minimum absolute atomic E-state index is 0.115. The molecule has 0 radical (unpaired) electrons. The van der Waals surface area contributed by atoms with Crippen LogP contribution in [0.25, 0.3) is 0 Å². The molecule has 0 N–H and O–H groups in total. The van der Waals surface area contributed by atoms with Crippen LogP contribution < -0.4 is 0 Å². The van der Waals surface area contributed by atoms with Crippen molar-refractivity contribution in [2.75, 3.05) is 13.2 Å². The largest absolute Gasteiger partial charge is 0.462 e. The molecule has 320 valence electrons. The Morgan fingerprint density at radius 3 is 1.34 bits per heavy atom. The number of hydrogen-bond donors (Lipinski definition) is 0. The first-order valence-electron chi connectivity index (χ1n) is 21.9. The fraction of sp³-hybridized carbons (Fsp3) is 0.481. The van der Waals surface area contributed by atoms with E-state index in [9.17, 15) is 14.4 Å². The third-order valence-corrected chi connectivity index (χ3v) is 8.30. The van der Waals surface area contributed by atoms with Crippen LogP contribution in [0.1, 0.15) is 143 Å². The Hall–Kier alpha value is -4.71. The van der Waals surface area contributed by atoms with Crippen LogP contribution in [0.2, 0.25) is 0 Å². The van der Waals surface area contributed by atoms with E-state index in [0.29, 0.717) is 6.42 Å². The van der Waals surface area contributed by atoms with Crippen LogP contribution in [0.5, 0.6) is 0 Å². The first-order chi connectivity index (χ1) is 28.5. The minimum Gasteiger partial charge on any atom is -0.462 e. The molecule has 0 aliphatic carbocycles. The molecule has 0 aromatic carbocycles. The summed E-state index contributed by atoms with van der Waals surface area (Å²) in [7, 11) is 0. The molecule has 0 rings (SSSR count). The molecule has 0 bridgehead atoms. The lowest BCUT2D eigenvalue weighted by atomic mass is 10.1. The van der Waals surface area contributed by atoms with Gasteiger partial charge >= 0.3 is 17.9 Å². The van der Waals surface area contributed by atoms with Gasteiger partial charge in [0.2, 0.25) is 0 Å². The van der Waals surface area contributed by atoms with Crippen LogP contribution in [-0.4, -0.2) is 37.2 Å². The normalized spacial score (nSPS) is 13.5. The molecule has 0 aromatic heterocycles. The topological polar surface area (TPSA) is 78.9 Å². The van der Waals surface area contributed by atoms with Gasteiger partial charge in [-0.3, -0.25) is 14.4 Å². The fourth-order valence-electron chi connectivity index (χ4n) is 5.11. The highest BCUT2D eigenvalue weighted by Crippen LogP contribution is 2.11. The molecule has 1 unspecified atom stereocenters. The summed E-state index contributed by atoms with van der Waals surface area (Å²) in [6, 6.07) is 0. The minimum atomic E-state index is -0.844. The predicted molar refractivity (Wildman–Crippen MR) is 246 cm³/mol. The molecule has 0 fully saturated rings. The van der Waals surface area contributed by atoms with Gasteiger partial charge in [0.1, 0.15) is 13.2 Å². The Labute approximate surface area is 353 Å². The lowest BCUT2D eigenvalue weighted by Crippen LogP contribution is -2.30. The van der Waals surface area contributed by atoms with Gasteiger partial charge in [0, 0.05) is 12.8 Å². The van der Waals surface area contributed by atoms with Gasteiger partial charge in [-0.2, -0.15) is 0 Å². The van der Waals surface area contributed by atoms with Gasteiger partial charge in [-0.05, 0) is 77.0 Å². The van der Waals surface area contributed by atoms with E-state index in [1.165, 1.54) is 0 Å². The number of esters is 3. The molecule has 6 nitrogen and oxygen atoms in total. The summed E-state index contributed by atoms with van der Waals surface area (Å²) in [4.78, 5) is 37.6. The van der Waals surface area contributed by atoms with Gasteiger partial charge in [-0.1, -0.05) is 192 Å². The summed E-state index contributed by atoms with van der Waals surface area (Å²) in [5, 5.41) is 0. The van der Waals surface area contributed by atoms with Crippen molar-refractivity contribution in [3.63, 3.8) is 0 Å². The van der Waals surface area contributed by atoms with Gasteiger partial charge in [0.15, 0.2) is 6.10 Å². The number of rotatable bonds is 36. The maximum Gasteiger partial charge on any atom is 0.309 e. The number of hydrogen-bond acceptors (Lipinski definition) is 6. The molecule has 0 spiro atoms. The predicted octanol–water partition coefficient (Wildman–Crippen LogP) is 14.1. The van der Waals surface area contributed by atoms with Crippen molar-refractivity contribution in [3.05, 3.63) is 146 Å². The number of carbonyl (C=O) groups is 3. The Morgan fingerprint density at radius 2 is 0.776 bits per heavy atom. The zero-order chi connectivity index (χ0) is 42.3. The highest BCUT2D eigenvalue weighted by molar-refractivity contribution is 5.72. The van der Waals surface area contributed by atoms with Gasteiger partial charge in [-0.15, -0.1) is 0 Å². The lowest BCUT2D eigenvalue weighted by Gasteiger charge is -2.18. The van der Waals surface area contributed by atoms with Crippen LogP contribution in [0, 0.1) is 0 Å². The molecule has 0 heterocycles. The van der Waals surface area contributed by atoms with E-state index in [4.69, 9.17) is 14.2 Å². The molecule has 0 amide bonds. The monoisotopic (exact) mass is 797 g/mol. The quantitative estimate of drug-likeness (QED) is 0.0207. The lowest BCUT2D eigenvalue weighted by molar-refractivity contribution is -0.166. The average molecular weight is 797 g/mol. The molecular formula is C52H76O6. The zero-order valence-electron chi connectivity index (χ0n) is 36.2. The van der Waals surface area contributed by atoms with E-state index in [2.05, 4.69) is 81.5 Å². The first kappa shape index (κ1) is 53.3. The third kappa shape index (κ3) is 42.4. The fourth-order valence-corrected chi connectivity index (χ4v) is 5.11. The van der Waals surface area contributed by atoms with E-state index in [0.717, 1.165) is 96.3 Å². The molecular weight excluding hydrogens is 721 g/mol. The number of unbranched alkanes of at least 4 members (excludes halogenated alkanes) is 8. The summed E-state index contributed by atoms with van der Waals surface area (Å²) >= 11 is 0. The van der Waals surface area contributed by atoms with Gasteiger partial charge in [0.05, 0.1) is 6.42 Å². The summed E-state index contributed by atoms with van der Waals surface area (Å²) in [5.74, 6) is -1.15. The second-order valence-corrected chi connectivity index (χ2v) is 13.7. The second kappa shape index (κ2) is 45.0. The summed E-state index contributed by atoms with van der Waals surface area (Å²) < 4.78 is 16.5. The van der Waals surface area contributed by atoms with Crippen molar-refractivity contribution >= 4 is 17.9 Å². The Bertz CT molecular complexity index is 1380. The maximum atomic E-state index is 12.7. The van der Waals surface area contributed by atoms with E-state index in [1.54, 1.807) is 6.08 Å². The zero-order valence-corrected chi connectivity index (χ0v) is 36.2. The molecule has 0 aliphatic rings. The number of allylic oxidation sites excluding steroid dienone is 23. The highest BCUT2D eigenvalue weighted by atomic mass is 16.6. The number of ether oxygens (including phenoxy) is 3. The van der Waals surface area contributed by atoms with Crippen molar-refractivity contribution in [1.82, 2.24) is 0 Å². The third-order valence-electron chi connectivity index (χ3n) is 8.30. The van der Waals surface area contributed by atoms with Crippen molar-refractivity contribution < 1.29 is 28.6 Å². The maximum absolute atomic E-state index is 12.7. The SMILES string of the molecule is CC\C=C/C=C\C=C/C=C\C=C\C=C/C=C\CCCCCC(=O)OCC(COC(=O)C/C=C\C/C=C\C/C=C\CC)OC(=O)CCCCCCC/C=C\C/C=C\CC. The van der Waals surface area contributed by atoms with E-state index < -0.39 is 12.1 Å². The van der Waals surface area contributed by atoms with E-state index >= 15 is 0 Å². The smallest absolute Gasteiger partial charge is 0.309 e. The Morgan fingerprint density at radius 1 is 0.379 bits per heavy atom. The Kier molecular flexibility index (Phi) is 41.3. The van der Waals surface area contributed by atoms with Crippen molar-refractivity contribution in [2.45, 2.75) is 149 Å². The summed E-state index contributed by atoms with van der Waals surface area (Å²) in [6.45, 7) is 6.06. The van der Waals surface area contributed by atoms with Crippen molar-refractivity contribution in [1.29, 1.82) is 0 Å². The highest BCUT2D eigenvalue weighted by Gasteiger charge is 2.19. The van der Waals surface area contributed by atoms with Gasteiger partial charge < -0.3 is 14.2 Å². The van der Waals surface area contributed by atoms with Crippen molar-refractivity contribution in [3.8, 4) is 0 Å². The average Bonchev–Trinajstić information content (AvgIpc) is 3.22. The molecule has 6 heteroatoms. The standard InChI is InChI=1S/C52H76O6/c1-4-7-10-13-16-19-21-23-24-25-26-27-28-29-31-33-36-39-42-45-51(54)57-48-49(47-56-50(53)44-41-38-35-32-18-15-12-9-6-3)58-52(55)46-43-40-37-34-30-22-20-17-14-11-8-5-2/h7-13,16-21,23-29,31-32,38,41,49H,4-6,14-15,22,30,33-37,39-40,42-48H2,1-3H3/b10-7-,11-8-,12-9-,16-13-,20-17-,21-19-,24-23-,26-25+,28-27-,31-29-,32-18-,41-38-. The Balaban J connectivity index is 4.58. The molecule has 58 heavy (non-hydrogen) atoms. The van der Waals surface area contributed by atoms with Crippen LogP contribution in [0.4, 0.5) is 0 Å².